The van der Waals surface area contributed by atoms with Gasteiger partial charge in [0.1, 0.15) is 6.04 Å². The van der Waals surface area contributed by atoms with Crippen LogP contribution >= 0.6 is 0 Å². The first kappa shape index (κ1) is 16.5. The molecule has 122 valence electrons. The van der Waals surface area contributed by atoms with Crippen molar-refractivity contribution in [3.8, 4) is 0 Å². The molecule has 6 heteroatoms. The molecule has 6 nitrogen and oxygen atoms in total. The van der Waals surface area contributed by atoms with Gasteiger partial charge in [-0.3, -0.25) is 14.3 Å². The van der Waals surface area contributed by atoms with E-state index >= 15 is 0 Å². The standard InChI is InChI=1S/C16H26N4O2/c1-11-13(12(2)20(4)18-11)9-10-19(3)16(22)14-7-5-6-8-15(21)17-14/h14H,5-10H2,1-4H3,(H,17,21). The fourth-order valence-electron chi connectivity index (χ4n) is 2.99. The van der Waals surface area contributed by atoms with Gasteiger partial charge in [-0.05, 0) is 38.7 Å². The third-order valence-electron chi connectivity index (χ3n) is 4.51. The minimum Gasteiger partial charge on any atom is -0.344 e. The van der Waals surface area contributed by atoms with Crippen molar-refractivity contribution in [2.24, 2.45) is 7.05 Å². The van der Waals surface area contributed by atoms with E-state index in [0.717, 1.165) is 37.1 Å². The van der Waals surface area contributed by atoms with Crippen molar-refractivity contribution in [1.82, 2.24) is 20.0 Å². The van der Waals surface area contributed by atoms with Crippen molar-refractivity contribution >= 4 is 11.8 Å². The number of rotatable bonds is 4. The van der Waals surface area contributed by atoms with Gasteiger partial charge in [-0.1, -0.05) is 6.42 Å². The van der Waals surface area contributed by atoms with Crippen LogP contribution in [0, 0.1) is 13.8 Å². The third kappa shape index (κ3) is 3.67. The number of carbonyl (C=O) groups excluding carboxylic acids is 2. The second-order valence-corrected chi connectivity index (χ2v) is 6.15. The topological polar surface area (TPSA) is 67.2 Å². The van der Waals surface area contributed by atoms with Gasteiger partial charge in [0, 0.05) is 32.8 Å². The van der Waals surface area contributed by atoms with E-state index in [1.165, 1.54) is 5.56 Å². The highest BCUT2D eigenvalue weighted by Crippen LogP contribution is 2.14. The van der Waals surface area contributed by atoms with Gasteiger partial charge in [0.25, 0.3) is 0 Å². The van der Waals surface area contributed by atoms with E-state index in [9.17, 15) is 9.59 Å². The first-order valence-electron chi connectivity index (χ1n) is 7.93. The minimum absolute atomic E-state index is 0.00875. The zero-order valence-corrected chi connectivity index (χ0v) is 14.0. The molecule has 0 saturated carbocycles. The summed E-state index contributed by atoms with van der Waals surface area (Å²) < 4.78 is 1.87. The van der Waals surface area contributed by atoms with Crippen LogP contribution in [0.3, 0.4) is 0 Å². The molecule has 1 aromatic rings. The zero-order chi connectivity index (χ0) is 16.3. The van der Waals surface area contributed by atoms with Gasteiger partial charge < -0.3 is 10.2 Å². The summed E-state index contributed by atoms with van der Waals surface area (Å²) in [6, 6.07) is -0.365. The highest BCUT2D eigenvalue weighted by molar-refractivity contribution is 5.87. The zero-order valence-electron chi connectivity index (χ0n) is 14.0. The molecule has 1 aromatic heterocycles. The molecule has 2 heterocycles. The lowest BCUT2D eigenvalue weighted by Gasteiger charge is -2.23. The predicted octanol–water partition coefficient (Wildman–Crippen LogP) is 1.10. The number of carbonyl (C=O) groups is 2. The molecule has 0 bridgehead atoms. The quantitative estimate of drug-likeness (QED) is 0.905. The molecule has 0 radical (unpaired) electrons. The Hall–Kier alpha value is -1.85. The lowest BCUT2D eigenvalue weighted by molar-refractivity contribution is -0.135. The Labute approximate surface area is 131 Å². The number of aromatic nitrogens is 2. The maximum Gasteiger partial charge on any atom is 0.244 e. The van der Waals surface area contributed by atoms with Crippen LogP contribution in [0.4, 0.5) is 0 Å². The van der Waals surface area contributed by atoms with Crippen LogP contribution < -0.4 is 5.32 Å². The van der Waals surface area contributed by atoms with Crippen LogP contribution in [-0.2, 0) is 23.1 Å². The summed E-state index contributed by atoms with van der Waals surface area (Å²) in [6.07, 6.45) is 3.84. The Kier molecular flexibility index (Phi) is 5.21. The molecule has 2 rings (SSSR count). The van der Waals surface area contributed by atoms with E-state index in [4.69, 9.17) is 0 Å². The molecule has 1 atom stereocenters. The molecular weight excluding hydrogens is 280 g/mol. The molecule has 1 saturated heterocycles. The molecule has 2 amide bonds. The number of aryl methyl sites for hydroxylation is 2. The maximum absolute atomic E-state index is 12.5. The third-order valence-corrected chi connectivity index (χ3v) is 4.51. The predicted molar refractivity (Wildman–Crippen MR) is 84.4 cm³/mol. The van der Waals surface area contributed by atoms with E-state index in [1.807, 2.05) is 25.6 Å². The SMILES string of the molecule is Cc1nn(C)c(C)c1CCN(C)C(=O)C1CCCCC(=O)N1. The lowest BCUT2D eigenvalue weighted by Crippen LogP contribution is -2.46. The van der Waals surface area contributed by atoms with Crippen LogP contribution in [0.25, 0.3) is 0 Å². The highest BCUT2D eigenvalue weighted by Gasteiger charge is 2.25. The van der Waals surface area contributed by atoms with Gasteiger partial charge in [-0.2, -0.15) is 5.10 Å². The van der Waals surface area contributed by atoms with Crippen molar-refractivity contribution in [2.75, 3.05) is 13.6 Å². The van der Waals surface area contributed by atoms with Gasteiger partial charge in [0.15, 0.2) is 0 Å². The van der Waals surface area contributed by atoms with E-state index in [2.05, 4.69) is 10.4 Å². The number of nitrogens with zero attached hydrogens (tertiary/aromatic N) is 3. The summed E-state index contributed by atoms with van der Waals surface area (Å²) in [5.74, 6) is -0.00218. The Morgan fingerprint density at radius 3 is 2.77 bits per heavy atom. The molecule has 1 aliphatic heterocycles. The van der Waals surface area contributed by atoms with Crippen LogP contribution in [0.5, 0.6) is 0 Å². The molecular formula is C16H26N4O2. The minimum atomic E-state index is -0.365. The monoisotopic (exact) mass is 306 g/mol. The highest BCUT2D eigenvalue weighted by atomic mass is 16.2. The number of likely N-dealkylation sites (N-methyl/N-ethyl adjacent to an activating group) is 1. The molecule has 0 aromatic carbocycles. The molecule has 1 aliphatic rings. The summed E-state index contributed by atoms with van der Waals surface area (Å²) in [5, 5.41) is 7.24. The second-order valence-electron chi connectivity index (χ2n) is 6.15. The van der Waals surface area contributed by atoms with Crippen molar-refractivity contribution in [1.29, 1.82) is 0 Å². The molecule has 1 unspecified atom stereocenters. The van der Waals surface area contributed by atoms with Crippen LogP contribution in [-0.4, -0.2) is 46.1 Å². The smallest absolute Gasteiger partial charge is 0.244 e. The van der Waals surface area contributed by atoms with Gasteiger partial charge in [0.2, 0.25) is 11.8 Å². The van der Waals surface area contributed by atoms with Crippen molar-refractivity contribution in [3.63, 3.8) is 0 Å². The number of amides is 2. The Morgan fingerprint density at radius 1 is 1.41 bits per heavy atom. The molecule has 0 spiro atoms. The van der Waals surface area contributed by atoms with E-state index < -0.39 is 0 Å². The fraction of sp³-hybridized carbons (Fsp3) is 0.688. The Balaban J connectivity index is 1.95. The summed E-state index contributed by atoms with van der Waals surface area (Å²) in [7, 11) is 3.74. The van der Waals surface area contributed by atoms with Gasteiger partial charge in [0.05, 0.1) is 5.69 Å². The Morgan fingerprint density at radius 2 is 2.14 bits per heavy atom. The van der Waals surface area contributed by atoms with Crippen LogP contribution in [0.15, 0.2) is 0 Å². The Bertz CT molecular complexity index is 565. The first-order valence-corrected chi connectivity index (χ1v) is 7.93. The fourth-order valence-corrected chi connectivity index (χ4v) is 2.99. The lowest BCUT2D eigenvalue weighted by atomic mass is 10.1. The number of nitrogens with one attached hydrogen (secondary N) is 1. The second kappa shape index (κ2) is 6.94. The van der Waals surface area contributed by atoms with Crippen LogP contribution in [0.1, 0.15) is 42.6 Å². The average Bonchev–Trinajstić information content (AvgIpc) is 2.65. The van der Waals surface area contributed by atoms with Gasteiger partial charge >= 0.3 is 0 Å². The average molecular weight is 306 g/mol. The molecule has 1 N–H and O–H groups in total. The maximum atomic E-state index is 12.5. The summed E-state index contributed by atoms with van der Waals surface area (Å²) in [5.41, 5.74) is 3.36. The normalized spacial score (nSPS) is 18.7. The van der Waals surface area contributed by atoms with Gasteiger partial charge in [-0.25, -0.2) is 0 Å². The molecule has 0 aliphatic carbocycles. The summed E-state index contributed by atoms with van der Waals surface area (Å²) >= 11 is 0. The van der Waals surface area contributed by atoms with Crippen molar-refractivity contribution in [3.05, 3.63) is 17.0 Å². The largest absolute Gasteiger partial charge is 0.344 e. The summed E-state index contributed by atoms with van der Waals surface area (Å²) in [4.78, 5) is 25.8. The molecule has 22 heavy (non-hydrogen) atoms. The first-order chi connectivity index (χ1) is 10.4. The van der Waals surface area contributed by atoms with E-state index in [0.29, 0.717) is 13.0 Å². The van der Waals surface area contributed by atoms with Gasteiger partial charge in [-0.15, -0.1) is 0 Å². The van der Waals surface area contributed by atoms with Crippen molar-refractivity contribution < 1.29 is 9.59 Å². The van der Waals surface area contributed by atoms with Crippen LogP contribution in [0.2, 0.25) is 0 Å². The van der Waals surface area contributed by atoms with Crippen molar-refractivity contribution in [2.45, 2.75) is 52.0 Å². The van der Waals surface area contributed by atoms with E-state index in [1.54, 1.807) is 11.9 Å². The summed E-state index contributed by atoms with van der Waals surface area (Å²) in [6.45, 7) is 4.68. The number of hydrogen-bond acceptors (Lipinski definition) is 3. The number of hydrogen-bond donors (Lipinski definition) is 1. The molecule has 1 fully saturated rings. The van der Waals surface area contributed by atoms with E-state index in [-0.39, 0.29) is 17.9 Å².